The van der Waals surface area contributed by atoms with E-state index in [-0.39, 0.29) is 17.5 Å². The number of halogens is 2. The van der Waals surface area contributed by atoms with Crippen molar-refractivity contribution in [1.29, 1.82) is 0 Å². The molecule has 1 aliphatic rings. The van der Waals surface area contributed by atoms with Crippen molar-refractivity contribution < 1.29 is 9.18 Å². The van der Waals surface area contributed by atoms with Gasteiger partial charge in [-0.1, -0.05) is 19.3 Å². The first-order valence-electron chi connectivity index (χ1n) is 5.68. The van der Waals surface area contributed by atoms with E-state index in [4.69, 9.17) is 0 Å². The van der Waals surface area contributed by atoms with Crippen LogP contribution in [-0.4, -0.2) is 5.78 Å². The quantitative estimate of drug-likeness (QED) is 0.738. The van der Waals surface area contributed by atoms with Gasteiger partial charge in [-0.2, -0.15) is 0 Å². The van der Waals surface area contributed by atoms with E-state index in [1.54, 1.807) is 6.07 Å². The molecule has 0 bridgehead atoms. The minimum absolute atomic E-state index is 0.135. The number of benzene rings is 1. The summed E-state index contributed by atoms with van der Waals surface area (Å²) in [5.41, 5.74) is 0.619. The Morgan fingerprint density at radius 1 is 1.25 bits per heavy atom. The zero-order valence-electron chi connectivity index (χ0n) is 9.01. The van der Waals surface area contributed by atoms with E-state index < -0.39 is 0 Å². The van der Waals surface area contributed by atoms with Gasteiger partial charge in [-0.15, -0.1) is 0 Å². The van der Waals surface area contributed by atoms with Crippen LogP contribution in [0.4, 0.5) is 4.39 Å². The van der Waals surface area contributed by atoms with Crippen molar-refractivity contribution in [2.75, 3.05) is 0 Å². The maximum atomic E-state index is 12.9. The van der Waals surface area contributed by atoms with Gasteiger partial charge >= 0.3 is 0 Å². The van der Waals surface area contributed by atoms with E-state index in [0.29, 0.717) is 10.0 Å². The number of hydrogen-bond acceptors (Lipinski definition) is 1. The number of rotatable bonds is 2. The van der Waals surface area contributed by atoms with E-state index in [0.717, 1.165) is 25.7 Å². The van der Waals surface area contributed by atoms with Crippen molar-refractivity contribution in [3.63, 3.8) is 0 Å². The number of hydrogen-bond donors (Lipinski definition) is 0. The van der Waals surface area contributed by atoms with Crippen LogP contribution in [-0.2, 0) is 0 Å². The zero-order chi connectivity index (χ0) is 11.5. The van der Waals surface area contributed by atoms with Crippen LogP contribution in [0, 0.1) is 11.7 Å². The highest BCUT2D eigenvalue weighted by atomic mass is 79.9. The molecule has 1 fully saturated rings. The molecule has 2 rings (SSSR count). The summed E-state index contributed by atoms with van der Waals surface area (Å²) in [5.74, 6) is -0.0193. The lowest BCUT2D eigenvalue weighted by atomic mass is 9.84. The fraction of sp³-hybridized carbons (Fsp3) is 0.462. The Morgan fingerprint density at radius 3 is 2.56 bits per heavy atom. The predicted octanol–water partition coefficient (Wildman–Crippen LogP) is 4.35. The molecule has 0 amide bonds. The van der Waals surface area contributed by atoms with Gasteiger partial charge in [0.15, 0.2) is 5.78 Å². The van der Waals surface area contributed by atoms with Crippen LogP contribution in [0.25, 0.3) is 0 Å². The molecule has 0 radical (unpaired) electrons. The van der Waals surface area contributed by atoms with Gasteiger partial charge in [0.05, 0.1) is 0 Å². The van der Waals surface area contributed by atoms with Crippen LogP contribution in [0.1, 0.15) is 42.5 Å². The molecule has 0 saturated heterocycles. The van der Waals surface area contributed by atoms with E-state index in [1.165, 1.54) is 18.6 Å². The van der Waals surface area contributed by atoms with E-state index in [9.17, 15) is 9.18 Å². The standard InChI is InChI=1S/C13H14BrFO/c14-12-8-10(15)6-7-11(12)13(16)9-4-2-1-3-5-9/h6-9H,1-5H2. The van der Waals surface area contributed by atoms with Gasteiger partial charge in [-0.25, -0.2) is 4.39 Å². The lowest BCUT2D eigenvalue weighted by Gasteiger charge is -2.20. The normalized spacial score (nSPS) is 17.4. The fourth-order valence-corrected chi connectivity index (χ4v) is 2.82. The topological polar surface area (TPSA) is 17.1 Å². The number of carbonyl (C=O) groups is 1. The average Bonchev–Trinajstić information content (AvgIpc) is 2.29. The van der Waals surface area contributed by atoms with Crippen LogP contribution in [0.15, 0.2) is 22.7 Å². The number of ketones is 1. The molecule has 1 nitrogen and oxygen atoms in total. The molecule has 0 aliphatic heterocycles. The molecule has 0 N–H and O–H groups in total. The number of carbonyl (C=O) groups excluding carboxylic acids is 1. The van der Waals surface area contributed by atoms with Gasteiger partial charge in [0, 0.05) is 16.0 Å². The summed E-state index contributed by atoms with van der Waals surface area (Å²) in [6.07, 6.45) is 5.45. The summed E-state index contributed by atoms with van der Waals surface area (Å²) >= 11 is 3.25. The molecule has 1 aromatic carbocycles. The highest BCUT2D eigenvalue weighted by Crippen LogP contribution is 2.29. The van der Waals surface area contributed by atoms with Gasteiger partial charge in [-0.3, -0.25) is 4.79 Å². The van der Waals surface area contributed by atoms with Gasteiger partial charge in [0.25, 0.3) is 0 Å². The second-order valence-corrected chi connectivity index (χ2v) is 5.18. The van der Waals surface area contributed by atoms with Crippen LogP contribution in [0.5, 0.6) is 0 Å². The zero-order valence-corrected chi connectivity index (χ0v) is 10.6. The van der Waals surface area contributed by atoms with Crippen molar-refractivity contribution >= 4 is 21.7 Å². The SMILES string of the molecule is O=C(c1ccc(F)cc1Br)C1CCCCC1. The highest BCUT2D eigenvalue weighted by molar-refractivity contribution is 9.10. The second kappa shape index (κ2) is 5.09. The Labute approximate surface area is 103 Å². The molecule has 0 aromatic heterocycles. The average molecular weight is 285 g/mol. The van der Waals surface area contributed by atoms with Gasteiger partial charge in [0.2, 0.25) is 0 Å². The third-order valence-corrected chi connectivity index (χ3v) is 3.83. The summed E-state index contributed by atoms with van der Waals surface area (Å²) in [5, 5.41) is 0. The maximum absolute atomic E-state index is 12.9. The lowest BCUT2D eigenvalue weighted by molar-refractivity contribution is 0.0888. The molecule has 0 heterocycles. The molecule has 1 aliphatic carbocycles. The predicted molar refractivity (Wildman–Crippen MR) is 65.0 cm³/mol. The summed E-state index contributed by atoms with van der Waals surface area (Å²) in [4.78, 5) is 12.2. The molecule has 0 atom stereocenters. The monoisotopic (exact) mass is 284 g/mol. The van der Waals surface area contributed by atoms with Crippen molar-refractivity contribution in [1.82, 2.24) is 0 Å². The molecule has 86 valence electrons. The third-order valence-electron chi connectivity index (χ3n) is 3.17. The van der Waals surface area contributed by atoms with E-state index >= 15 is 0 Å². The molecular formula is C13H14BrFO. The van der Waals surface area contributed by atoms with Crippen LogP contribution in [0.2, 0.25) is 0 Å². The largest absolute Gasteiger partial charge is 0.294 e. The van der Waals surface area contributed by atoms with Crippen LogP contribution in [0.3, 0.4) is 0 Å². The third kappa shape index (κ3) is 2.51. The molecule has 16 heavy (non-hydrogen) atoms. The Balaban J connectivity index is 2.19. The first kappa shape index (κ1) is 11.8. The maximum Gasteiger partial charge on any atom is 0.167 e. The fourth-order valence-electron chi connectivity index (χ4n) is 2.27. The van der Waals surface area contributed by atoms with E-state index in [1.807, 2.05) is 0 Å². The molecule has 0 spiro atoms. The first-order valence-corrected chi connectivity index (χ1v) is 6.47. The van der Waals surface area contributed by atoms with Gasteiger partial charge < -0.3 is 0 Å². The Bertz CT molecular complexity index is 397. The minimum atomic E-state index is -0.313. The summed E-state index contributed by atoms with van der Waals surface area (Å²) in [7, 11) is 0. The van der Waals surface area contributed by atoms with Crippen molar-refractivity contribution in [3.05, 3.63) is 34.1 Å². The van der Waals surface area contributed by atoms with Crippen LogP contribution >= 0.6 is 15.9 Å². The van der Waals surface area contributed by atoms with Crippen molar-refractivity contribution in [3.8, 4) is 0 Å². The number of Topliss-reactive ketones (excluding diaryl/α,β-unsaturated/α-hetero) is 1. The minimum Gasteiger partial charge on any atom is -0.294 e. The van der Waals surface area contributed by atoms with Crippen LogP contribution < -0.4 is 0 Å². The molecule has 0 unspecified atom stereocenters. The Kier molecular flexibility index (Phi) is 3.74. The van der Waals surface area contributed by atoms with Gasteiger partial charge in [-0.05, 0) is 47.0 Å². The summed E-state index contributed by atoms with van der Waals surface area (Å²) in [6, 6.07) is 4.28. The highest BCUT2D eigenvalue weighted by Gasteiger charge is 2.23. The summed E-state index contributed by atoms with van der Waals surface area (Å²) in [6.45, 7) is 0. The molecule has 1 aromatic rings. The van der Waals surface area contributed by atoms with E-state index in [2.05, 4.69) is 15.9 Å². The smallest absolute Gasteiger partial charge is 0.167 e. The van der Waals surface area contributed by atoms with Gasteiger partial charge in [0.1, 0.15) is 5.82 Å². The van der Waals surface area contributed by atoms with Crippen molar-refractivity contribution in [2.45, 2.75) is 32.1 Å². The lowest BCUT2D eigenvalue weighted by Crippen LogP contribution is -2.18. The molecule has 3 heteroatoms. The summed E-state index contributed by atoms with van der Waals surface area (Å²) < 4.78 is 13.5. The second-order valence-electron chi connectivity index (χ2n) is 4.32. The Morgan fingerprint density at radius 2 is 1.94 bits per heavy atom. The molecular weight excluding hydrogens is 271 g/mol. The Hall–Kier alpha value is -0.700. The molecule has 1 saturated carbocycles. The first-order chi connectivity index (χ1) is 7.68. The van der Waals surface area contributed by atoms with Crippen molar-refractivity contribution in [2.24, 2.45) is 5.92 Å².